The van der Waals surface area contributed by atoms with Crippen LogP contribution in [0.5, 0.6) is 0 Å². The van der Waals surface area contributed by atoms with Gasteiger partial charge in [0.15, 0.2) is 0 Å². The molecule has 0 saturated heterocycles. The Balaban J connectivity index is 1.93. The first-order valence-corrected chi connectivity index (χ1v) is 9.21. The lowest BCUT2D eigenvalue weighted by molar-refractivity contribution is 0.537. The van der Waals surface area contributed by atoms with E-state index in [1.54, 1.807) is 12.1 Å². The molecule has 2 rings (SSSR count). The molecule has 0 bridgehead atoms. The molecule has 2 N–H and O–H groups in total. The van der Waals surface area contributed by atoms with Crippen LogP contribution in [0.15, 0.2) is 29.2 Å². The van der Waals surface area contributed by atoms with Crippen LogP contribution < -0.4 is 10.0 Å². The van der Waals surface area contributed by atoms with Crippen LogP contribution in [0.25, 0.3) is 0 Å². The van der Waals surface area contributed by atoms with E-state index in [9.17, 15) is 8.42 Å². The van der Waals surface area contributed by atoms with Crippen molar-refractivity contribution in [2.24, 2.45) is 11.8 Å². The first-order valence-electron chi connectivity index (χ1n) is 7.73. The highest BCUT2D eigenvalue weighted by molar-refractivity contribution is 7.89. The molecule has 5 heteroatoms. The largest absolute Gasteiger partial charge is 0.385 e. The van der Waals surface area contributed by atoms with E-state index in [1.807, 2.05) is 26.0 Å². The van der Waals surface area contributed by atoms with Crippen LogP contribution >= 0.6 is 0 Å². The summed E-state index contributed by atoms with van der Waals surface area (Å²) < 4.78 is 26.6. The van der Waals surface area contributed by atoms with E-state index in [4.69, 9.17) is 0 Å². The van der Waals surface area contributed by atoms with Gasteiger partial charge in [0.25, 0.3) is 0 Å². The predicted molar refractivity (Wildman–Crippen MR) is 86.9 cm³/mol. The Hall–Kier alpha value is -1.07. The molecule has 1 aromatic carbocycles. The first kappa shape index (κ1) is 16.3. The van der Waals surface area contributed by atoms with Gasteiger partial charge in [-0.1, -0.05) is 13.3 Å². The number of hydrogen-bond donors (Lipinski definition) is 2. The summed E-state index contributed by atoms with van der Waals surface area (Å²) in [6.45, 7) is 6.91. The standard InChI is InChI=1S/C16H26N2O2S/c1-12(2)18-21(19,20)16-8-6-15(7-9-16)17-11-14-5-4-13(3)10-14/h6-9,12-14,17-18H,4-5,10-11H2,1-3H3. The van der Waals surface area contributed by atoms with E-state index in [0.717, 1.165) is 24.1 Å². The molecule has 0 radical (unpaired) electrons. The predicted octanol–water partition coefficient (Wildman–Crippen LogP) is 3.22. The summed E-state index contributed by atoms with van der Waals surface area (Å²) in [5.74, 6) is 1.58. The molecule has 1 saturated carbocycles. The van der Waals surface area contributed by atoms with Gasteiger partial charge in [-0.2, -0.15) is 0 Å². The summed E-state index contributed by atoms with van der Waals surface area (Å²) in [6, 6.07) is 6.90. The van der Waals surface area contributed by atoms with Crippen LogP contribution in [0.1, 0.15) is 40.0 Å². The molecule has 0 amide bonds. The summed E-state index contributed by atoms with van der Waals surface area (Å²) in [4.78, 5) is 0.316. The summed E-state index contributed by atoms with van der Waals surface area (Å²) in [5.41, 5.74) is 0.984. The van der Waals surface area contributed by atoms with Gasteiger partial charge in [-0.05, 0) is 62.8 Å². The van der Waals surface area contributed by atoms with Gasteiger partial charge in [-0.3, -0.25) is 0 Å². The molecule has 1 aliphatic rings. The Bertz CT molecular complexity index is 552. The van der Waals surface area contributed by atoms with Crippen LogP contribution in [0.4, 0.5) is 5.69 Å². The van der Waals surface area contributed by atoms with Gasteiger partial charge in [0.05, 0.1) is 4.90 Å². The van der Waals surface area contributed by atoms with Crippen LogP contribution in [0.2, 0.25) is 0 Å². The SMILES string of the molecule is CC1CCC(CNc2ccc(S(=O)(=O)NC(C)C)cc2)C1. The fourth-order valence-corrected chi connectivity index (χ4v) is 4.15. The third-order valence-corrected chi connectivity index (χ3v) is 5.63. The zero-order valence-electron chi connectivity index (χ0n) is 13.1. The van der Waals surface area contributed by atoms with Crippen LogP contribution in [0.3, 0.4) is 0 Å². The Morgan fingerprint density at radius 1 is 1.19 bits per heavy atom. The molecule has 0 heterocycles. The van der Waals surface area contributed by atoms with Crippen molar-refractivity contribution < 1.29 is 8.42 Å². The molecule has 1 fully saturated rings. The summed E-state index contributed by atoms with van der Waals surface area (Å²) in [5, 5.41) is 3.41. The smallest absolute Gasteiger partial charge is 0.240 e. The normalized spacial score (nSPS) is 22.7. The van der Waals surface area contributed by atoms with Crippen molar-refractivity contribution in [2.45, 2.75) is 51.0 Å². The quantitative estimate of drug-likeness (QED) is 0.848. The maximum atomic E-state index is 12.0. The maximum Gasteiger partial charge on any atom is 0.240 e. The second-order valence-corrected chi connectivity index (χ2v) is 8.18. The summed E-state index contributed by atoms with van der Waals surface area (Å²) in [6.07, 6.45) is 3.90. The van der Waals surface area contributed by atoms with E-state index in [0.29, 0.717) is 4.90 Å². The van der Waals surface area contributed by atoms with Crippen molar-refractivity contribution in [3.63, 3.8) is 0 Å². The van der Waals surface area contributed by atoms with Crippen molar-refractivity contribution >= 4 is 15.7 Å². The molecule has 1 aliphatic carbocycles. The van der Waals surface area contributed by atoms with Crippen LogP contribution in [-0.4, -0.2) is 21.0 Å². The number of sulfonamides is 1. The van der Waals surface area contributed by atoms with Gasteiger partial charge < -0.3 is 5.32 Å². The molecular weight excluding hydrogens is 284 g/mol. The summed E-state index contributed by atoms with van der Waals surface area (Å²) >= 11 is 0. The molecule has 118 valence electrons. The van der Waals surface area contributed by atoms with Gasteiger partial charge in [0.2, 0.25) is 10.0 Å². The van der Waals surface area contributed by atoms with Crippen molar-refractivity contribution in [3.05, 3.63) is 24.3 Å². The molecule has 2 atom stereocenters. The van der Waals surface area contributed by atoms with E-state index in [1.165, 1.54) is 19.3 Å². The molecular formula is C16H26N2O2S. The minimum absolute atomic E-state index is 0.0999. The zero-order valence-corrected chi connectivity index (χ0v) is 13.9. The fourth-order valence-electron chi connectivity index (χ4n) is 2.90. The molecule has 0 spiro atoms. The minimum atomic E-state index is -3.39. The Morgan fingerprint density at radius 3 is 2.38 bits per heavy atom. The van der Waals surface area contributed by atoms with Gasteiger partial charge in [-0.25, -0.2) is 13.1 Å². The molecule has 21 heavy (non-hydrogen) atoms. The zero-order chi connectivity index (χ0) is 15.5. The Kier molecular flexibility index (Phi) is 5.27. The van der Waals surface area contributed by atoms with Gasteiger partial charge in [-0.15, -0.1) is 0 Å². The highest BCUT2D eigenvalue weighted by atomic mass is 32.2. The van der Waals surface area contributed by atoms with Crippen molar-refractivity contribution in [2.75, 3.05) is 11.9 Å². The lowest BCUT2D eigenvalue weighted by Crippen LogP contribution is -2.30. The maximum absolute atomic E-state index is 12.0. The number of nitrogens with one attached hydrogen (secondary N) is 2. The van der Waals surface area contributed by atoms with Gasteiger partial charge in [0, 0.05) is 18.3 Å². The van der Waals surface area contributed by atoms with Crippen molar-refractivity contribution in [1.29, 1.82) is 0 Å². The van der Waals surface area contributed by atoms with E-state index in [-0.39, 0.29) is 6.04 Å². The topological polar surface area (TPSA) is 58.2 Å². The van der Waals surface area contributed by atoms with Gasteiger partial charge in [0.1, 0.15) is 0 Å². The van der Waals surface area contributed by atoms with Crippen LogP contribution in [0, 0.1) is 11.8 Å². The average molecular weight is 310 g/mol. The second kappa shape index (κ2) is 6.79. The third kappa shape index (κ3) is 4.71. The average Bonchev–Trinajstić information content (AvgIpc) is 2.81. The Morgan fingerprint density at radius 2 is 1.86 bits per heavy atom. The van der Waals surface area contributed by atoms with Crippen molar-refractivity contribution in [3.8, 4) is 0 Å². The van der Waals surface area contributed by atoms with Gasteiger partial charge >= 0.3 is 0 Å². The number of hydrogen-bond acceptors (Lipinski definition) is 3. The lowest BCUT2D eigenvalue weighted by atomic mass is 10.1. The number of rotatable bonds is 6. The van der Waals surface area contributed by atoms with Crippen molar-refractivity contribution in [1.82, 2.24) is 4.72 Å². The monoisotopic (exact) mass is 310 g/mol. The number of benzene rings is 1. The van der Waals surface area contributed by atoms with E-state index in [2.05, 4.69) is 17.0 Å². The highest BCUT2D eigenvalue weighted by Gasteiger charge is 2.21. The van der Waals surface area contributed by atoms with E-state index < -0.39 is 10.0 Å². The molecule has 0 aliphatic heterocycles. The Labute approximate surface area is 128 Å². The third-order valence-electron chi connectivity index (χ3n) is 3.95. The first-order chi connectivity index (χ1) is 9.87. The second-order valence-electron chi connectivity index (χ2n) is 6.47. The minimum Gasteiger partial charge on any atom is -0.385 e. The van der Waals surface area contributed by atoms with Crippen LogP contribution in [-0.2, 0) is 10.0 Å². The number of anilines is 1. The molecule has 2 unspecified atom stereocenters. The van der Waals surface area contributed by atoms with E-state index >= 15 is 0 Å². The molecule has 4 nitrogen and oxygen atoms in total. The fraction of sp³-hybridized carbons (Fsp3) is 0.625. The highest BCUT2D eigenvalue weighted by Crippen LogP contribution is 2.30. The molecule has 0 aromatic heterocycles. The lowest BCUT2D eigenvalue weighted by Gasteiger charge is -2.13. The summed E-state index contributed by atoms with van der Waals surface area (Å²) in [7, 11) is -3.39. The molecule has 1 aromatic rings.